The molecule has 0 radical (unpaired) electrons. The predicted octanol–water partition coefficient (Wildman–Crippen LogP) is -1.91. The quantitative estimate of drug-likeness (QED) is 0.114. The molecule has 1 heterocycles. The first-order valence-corrected chi connectivity index (χ1v) is 10.4. The van der Waals surface area contributed by atoms with E-state index in [9.17, 15) is 24.3 Å². The molecule has 0 saturated carbocycles. The molecule has 1 rings (SSSR count). The van der Waals surface area contributed by atoms with E-state index in [0.29, 0.717) is 32.2 Å². The van der Waals surface area contributed by atoms with Gasteiger partial charge in [-0.15, -0.1) is 0 Å². The zero-order valence-corrected chi connectivity index (χ0v) is 18.2. The second-order valence-electron chi connectivity index (χ2n) is 8.05. The number of aliphatic carboxylic acids is 1. The monoisotopic (exact) mass is 441 g/mol. The average molecular weight is 442 g/mol. The lowest BCUT2D eigenvalue weighted by atomic mass is 10.0. The Labute approximate surface area is 182 Å². The number of nitrogens with zero attached hydrogens (tertiary/aromatic N) is 2. The molecule has 176 valence electrons. The summed E-state index contributed by atoms with van der Waals surface area (Å²) in [7, 11) is 0. The molecule has 1 aliphatic rings. The average Bonchev–Trinajstić information content (AvgIpc) is 3.17. The Kier molecular flexibility index (Phi) is 10.7. The first-order chi connectivity index (χ1) is 14.5. The fourth-order valence-corrected chi connectivity index (χ4v) is 3.38. The number of carbonyl (C=O) groups excluding carboxylic acids is 3. The topological polar surface area (TPSA) is 206 Å². The maximum absolute atomic E-state index is 12.6. The highest BCUT2D eigenvalue weighted by Crippen LogP contribution is 2.18. The van der Waals surface area contributed by atoms with Gasteiger partial charge < -0.3 is 37.8 Å². The van der Waals surface area contributed by atoms with Gasteiger partial charge in [-0.25, -0.2) is 4.79 Å². The molecule has 0 aromatic carbocycles. The Morgan fingerprint density at radius 1 is 1.23 bits per heavy atom. The third-order valence-electron chi connectivity index (χ3n) is 4.91. The first-order valence-electron chi connectivity index (χ1n) is 10.4. The molecule has 1 aliphatic heterocycles. The largest absolute Gasteiger partial charge is 0.480 e. The van der Waals surface area contributed by atoms with Gasteiger partial charge in [-0.3, -0.25) is 19.4 Å². The van der Waals surface area contributed by atoms with Gasteiger partial charge in [-0.2, -0.15) is 0 Å². The van der Waals surface area contributed by atoms with Gasteiger partial charge in [0.15, 0.2) is 5.96 Å². The van der Waals surface area contributed by atoms with Crippen LogP contribution in [0.3, 0.4) is 0 Å². The van der Waals surface area contributed by atoms with Crippen molar-refractivity contribution < 1.29 is 24.3 Å². The van der Waals surface area contributed by atoms with Crippen molar-refractivity contribution in [1.82, 2.24) is 15.5 Å². The van der Waals surface area contributed by atoms with Crippen LogP contribution < -0.4 is 27.8 Å². The minimum absolute atomic E-state index is 0.0896. The van der Waals surface area contributed by atoms with Crippen LogP contribution in [0.15, 0.2) is 4.99 Å². The predicted molar refractivity (Wildman–Crippen MR) is 115 cm³/mol. The number of likely N-dealkylation sites (tertiary alicyclic amines) is 1. The summed E-state index contributed by atoms with van der Waals surface area (Å²) in [6.07, 6.45) is 2.02. The van der Waals surface area contributed by atoms with E-state index in [1.165, 1.54) is 4.90 Å². The Morgan fingerprint density at radius 3 is 2.48 bits per heavy atom. The summed E-state index contributed by atoms with van der Waals surface area (Å²) in [5.74, 6) is -2.40. The number of guanidine groups is 1. The number of aliphatic imine (C=N–C) groups is 1. The molecule has 1 fully saturated rings. The Morgan fingerprint density at radius 2 is 1.90 bits per heavy atom. The van der Waals surface area contributed by atoms with Crippen LogP contribution >= 0.6 is 0 Å². The van der Waals surface area contributed by atoms with Gasteiger partial charge in [0, 0.05) is 13.1 Å². The number of hydrogen-bond acceptors (Lipinski definition) is 6. The second-order valence-corrected chi connectivity index (χ2v) is 8.05. The van der Waals surface area contributed by atoms with E-state index in [-0.39, 0.29) is 31.4 Å². The van der Waals surface area contributed by atoms with Crippen molar-refractivity contribution in [2.75, 3.05) is 19.6 Å². The van der Waals surface area contributed by atoms with Gasteiger partial charge in [0.2, 0.25) is 17.7 Å². The Hall–Kier alpha value is -2.89. The molecule has 9 N–H and O–H groups in total. The van der Waals surface area contributed by atoms with E-state index in [1.54, 1.807) is 0 Å². The lowest BCUT2D eigenvalue weighted by Crippen LogP contribution is -2.53. The fourth-order valence-electron chi connectivity index (χ4n) is 3.38. The number of nitrogens with one attached hydrogen (secondary N) is 2. The molecule has 0 aromatic heterocycles. The van der Waals surface area contributed by atoms with Gasteiger partial charge in [0.25, 0.3) is 0 Å². The molecule has 0 aliphatic carbocycles. The molecule has 0 bridgehead atoms. The standard InChI is InChI=1S/C19H35N7O5/c1-11(2)9-12(20)16(28)24-10-15(27)26-8-4-6-14(26)17(29)25-13(18(30)31)5-3-7-23-19(21)22/h11-14H,3-10,20H2,1-2H3,(H,24,28)(H,25,29)(H,30,31)(H4,21,22,23). The molecule has 1 saturated heterocycles. The van der Waals surface area contributed by atoms with Crippen LogP contribution in [0.2, 0.25) is 0 Å². The van der Waals surface area contributed by atoms with Crippen LogP contribution in [0.25, 0.3) is 0 Å². The minimum Gasteiger partial charge on any atom is -0.480 e. The molecule has 12 nitrogen and oxygen atoms in total. The van der Waals surface area contributed by atoms with Gasteiger partial charge >= 0.3 is 5.97 Å². The lowest BCUT2D eigenvalue weighted by Gasteiger charge is -2.26. The molecule has 31 heavy (non-hydrogen) atoms. The summed E-state index contributed by atoms with van der Waals surface area (Å²) in [4.78, 5) is 53.8. The number of nitrogens with two attached hydrogens (primary N) is 3. The Bertz CT molecular complexity index is 679. The van der Waals surface area contributed by atoms with Crippen molar-refractivity contribution >= 4 is 29.7 Å². The van der Waals surface area contributed by atoms with E-state index in [1.807, 2.05) is 13.8 Å². The smallest absolute Gasteiger partial charge is 0.326 e. The van der Waals surface area contributed by atoms with Crippen molar-refractivity contribution in [1.29, 1.82) is 0 Å². The minimum atomic E-state index is -1.18. The summed E-state index contributed by atoms with van der Waals surface area (Å²) in [6.45, 7) is 4.21. The third-order valence-corrected chi connectivity index (χ3v) is 4.91. The number of carboxylic acid groups (broad SMARTS) is 1. The van der Waals surface area contributed by atoms with E-state index < -0.39 is 41.8 Å². The Balaban J connectivity index is 2.60. The maximum atomic E-state index is 12.6. The molecule has 0 aromatic rings. The normalized spacial score (nSPS) is 17.7. The van der Waals surface area contributed by atoms with Gasteiger partial charge in [-0.05, 0) is 38.0 Å². The fraction of sp³-hybridized carbons (Fsp3) is 0.737. The van der Waals surface area contributed by atoms with E-state index in [2.05, 4.69) is 15.6 Å². The number of carbonyl (C=O) groups is 4. The van der Waals surface area contributed by atoms with Crippen LogP contribution in [0.4, 0.5) is 0 Å². The highest BCUT2D eigenvalue weighted by atomic mass is 16.4. The highest BCUT2D eigenvalue weighted by molar-refractivity contribution is 5.93. The molecule has 3 amide bonds. The van der Waals surface area contributed by atoms with Crippen molar-refractivity contribution in [2.24, 2.45) is 28.1 Å². The van der Waals surface area contributed by atoms with E-state index in [0.717, 1.165) is 0 Å². The van der Waals surface area contributed by atoms with Gasteiger partial charge in [0.05, 0.1) is 12.6 Å². The summed E-state index contributed by atoms with van der Waals surface area (Å²) >= 11 is 0. The van der Waals surface area contributed by atoms with Crippen LogP contribution in [0.1, 0.15) is 46.0 Å². The molecular formula is C19H35N7O5. The number of carboxylic acids is 1. The van der Waals surface area contributed by atoms with Crippen molar-refractivity contribution in [3.63, 3.8) is 0 Å². The summed E-state index contributed by atoms with van der Waals surface area (Å²) in [6, 6.07) is -2.61. The SMILES string of the molecule is CC(C)CC(N)C(=O)NCC(=O)N1CCCC1C(=O)NC(CCCN=C(N)N)C(=O)O. The van der Waals surface area contributed by atoms with Gasteiger partial charge in [-0.1, -0.05) is 13.8 Å². The van der Waals surface area contributed by atoms with E-state index in [4.69, 9.17) is 17.2 Å². The second kappa shape index (κ2) is 12.7. The maximum Gasteiger partial charge on any atom is 0.326 e. The molecular weight excluding hydrogens is 406 g/mol. The molecule has 3 unspecified atom stereocenters. The van der Waals surface area contributed by atoms with Crippen LogP contribution in [0.5, 0.6) is 0 Å². The van der Waals surface area contributed by atoms with Gasteiger partial charge in [0.1, 0.15) is 12.1 Å². The number of rotatable bonds is 12. The van der Waals surface area contributed by atoms with Crippen LogP contribution in [-0.2, 0) is 19.2 Å². The van der Waals surface area contributed by atoms with Crippen molar-refractivity contribution in [2.45, 2.75) is 64.1 Å². The zero-order chi connectivity index (χ0) is 23.6. The van der Waals surface area contributed by atoms with Crippen LogP contribution in [-0.4, -0.2) is 77.4 Å². The summed E-state index contributed by atoms with van der Waals surface area (Å²) < 4.78 is 0. The van der Waals surface area contributed by atoms with Crippen molar-refractivity contribution in [3.8, 4) is 0 Å². The number of hydrogen-bond donors (Lipinski definition) is 6. The zero-order valence-electron chi connectivity index (χ0n) is 18.2. The first kappa shape index (κ1) is 26.1. The van der Waals surface area contributed by atoms with E-state index >= 15 is 0 Å². The molecule has 0 spiro atoms. The molecule has 12 heteroatoms. The van der Waals surface area contributed by atoms with Crippen molar-refractivity contribution in [3.05, 3.63) is 0 Å². The number of amides is 3. The van der Waals surface area contributed by atoms with Crippen LogP contribution in [0, 0.1) is 5.92 Å². The highest BCUT2D eigenvalue weighted by Gasteiger charge is 2.35. The third kappa shape index (κ3) is 9.20. The lowest BCUT2D eigenvalue weighted by molar-refractivity contribution is -0.144. The summed E-state index contributed by atoms with van der Waals surface area (Å²) in [5.41, 5.74) is 16.3. The molecule has 3 atom stereocenters. The summed E-state index contributed by atoms with van der Waals surface area (Å²) in [5, 5.41) is 14.4.